The van der Waals surface area contributed by atoms with Crippen LogP contribution in [0.25, 0.3) is 0 Å². The summed E-state index contributed by atoms with van der Waals surface area (Å²) in [5.41, 5.74) is 1.62. The molecular formula is C17H17ClN2O2S. The van der Waals surface area contributed by atoms with Crippen LogP contribution in [-0.4, -0.2) is 27.1 Å². The molecule has 0 amide bonds. The fraction of sp³-hybridized carbons (Fsp3) is 0.235. The summed E-state index contributed by atoms with van der Waals surface area (Å²) in [4.78, 5) is 4.90. The average Bonchev–Trinajstić information content (AvgIpc) is 2.91. The highest BCUT2D eigenvalue weighted by atomic mass is 35.5. The Morgan fingerprint density at radius 1 is 1.09 bits per heavy atom. The number of nitrogens with one attached hydrogen (secondary N) is 1. The van der Waals surface area contributed by atoms with Gasteiger partial charge in [-0.05, 0) is 48.9 Å². The molecule has 0 saturated heterocycles. The lowest BCUT2D eigenvalue weighted by Crippen LogP contribution is -2.40. The van der Waals surface area contributed by atoms with E-state index < -0.39 is 9.84 Å². The third kappa shape index (κ3) is 3.26. The molecule has 1 heterocycles. The van der Waals surface area contributed by atoms with Gasteiger partial charge in [-0.2, -0.15) is 0 Å². The highest BCUT2D eigenvalue weighted by molar-refractivity contribution is 7.90. The average molecular weight is 349 g/mol. The van der Waals surface area contributed by atoms with Gasteiger partial charge in [-0.15, -0.1) is 0 Å². The molecule has 3 rings (SSSR count). The summed E-state index contributed by atoms with van der Waals surface area (Å²) in [7, 11) is -3.18. The largest absolute Gasteiger partial charge is 0.359 e. The van der Waals surface area contributed by atoms with Gasteiger partial charge in [0.1, 0.15) is 5.84 Å². The van der Waals surface area contributed by atoms with E-state index in [0.717, 1.165) is 17.0 Å². The van der Waals surface area contributed by atoms with E-state index in [-0.39, 0.29) is 5.54 Å². The molecule has 0 radical (unpaired) electrons. The van der Waals surface area contributed by atoms with Crippen LogP contribution in [0.15, 0.2) is 58.4 Å². The first kappa shape index (κ1) is 16.0. The monoisotopic (exact) mass is 348 g/mol. The molecule has 2 aromatic rings. The Morgan fingerprint density at radius 2 is 1.70 bits per heavy atom. The van der Waals surface area contributed by atoms with E-state index in [2.05, 4.69) is 17.2 Å². The highest BCUT2D eigenvalue weighted by Gasteiger charge is 2.32. The lowest BCUT2D eigenvalue weighted by atomic mass is 9.93. The Bertz CT molecular complexity index is 858. The van der Waals surface area contributed by atoms with E-state index in [9.17, 15) is 8.42 Å². The lowest BCUT2D eigenvalue weighted by molar-refractivity contribution is 0.480. The van der Waals surface area contributed by atoms with Crippen molar-refractivity contribution in [3.63, 3.8) is 0 Å². The molecule has 1 aliphatic heterocycles. The molecule has 1 N–H and O–H groups in total. The summed E-state index contributed by atoms with van der Waals surface area (Å²) < 4.78 is 23.1. The Labute approximate surface area is 141 Å². The van der Waals surface area contributed by atoms with E-state index in [1.54, 1.807) is 12.1 Å². The van der Waals surface area contributed by atoms with Gasteiger partial charge in [-0.1, -0.05) is 23.7 Å². The zero-order valence-corrected chi connectivity index (χ0v) is 14.4. The minimum Gasteiger partial charge on any atom is -0.359 e. The number of hydrogen-bond acceptors (Lipinski definition) is 4. The first-order valence-electron chi connectivity index (χ1n) is 7.17. The normalized spacial score (nSPS) is 20.9. The van der Waals surface area contributed by atoms with Crippen molar-refractivity contribution in [2.45, 2.75) is 17.4 Å². The van der Waals surface area contributed by atoms with Crippen molar-refractivity contribution < 1.29 is 8.42 Å². The van der Waals surface area contributed by atoms with Crippen molar-refractivity contribution in [2.75, 3.05) is 12.8 Å². The summed E-state index contributed by atoms with van der Waals surface area (Å²) in [6.45, 7) is 2.64. The summed E-state index contributed by atoms with van der Waals surface area (Å²) in [5.74, 6) is 0.816. The van der Waals surface area contributed by atoms with Crippen LogP contribution in [0.2, 0.25) is 5.02 Å². The molecule has 0 aromatic heterocycles. The summed E-state index contributed by atoms with van der Waals surface area (Å²) in [5, 5.41) is 4.12. The van der Waals surface area contributed by atoms with Gasteiger partial charge in [0.2, 0.25) is 0 Å². The Balaban J connectivity index is 1.83. The van der Waals surface area contributed by atoms with Crippen molar-refractivity contribution in [1.82, 2.24) is 5.32 Å². The van der Waals surface area contributed by atoms with Gasteiger partial charge >= 0.3 is 0 Å². The number of nitrogens with zero attached hydrogens (tertiary/aromatic N) is 1. The second-order valence-electron chi connectivity index (χ2n) is 5.93. The number of benzene rings is 2. The van der Waals surface area contributed by atoms with Gasteiger partial charge in [-0.3, -0.25) is 4.99 Å². The van der Waals surface area contributed by atoms with Crippen molar-refractivity contribution in [1.29, 1.82) is 0 Å². The molecule has 0 saturated carbocycles. The molecule has 0 fully saturated rings. The molecule has 6 heteroatoms. The van der Waals surface area contributed by atoms with Crippen LogP contribution in [0.1, 0.15) is 18.1 Å². The minimum atomic E-state index is -3.18. The van der Waals surface area contributed by atoms with Crippen molar-refractivity contribution >= 4 is 27.3 Å². The predicted molar refractivity (Wildman–Crippen MR) is 92.9 cm³/mol. The molecule has 1 aliphatic rings. The van der Waals surface area contributed by atoms with Crippen molar-refractivity contribution in [3.05, 3.63) is 64.7 Å². The Morgan fingerprint density at radius 3 is 2.26 bits per heavy atom. The van der Waals surface area contributed by atoms with Gasteiger partial charge in [0.25, 0.3) is 0 Å². The SMILES string of the molecule is CC1(c2ccc(S(C)(=O)=O)cc2)CN=C(c2ccc(Cl)cc2)N1. The van der Waals surface area contributed by atoms with Crippen molar-refractivity contribution in [3.8, 4) is 0 Å². The van der Waals surface area contributed by atoms with Crippen LogP contribution in [0, 0.1) is 0 Å². The van der Waals surface area contributed by atoms with Gasteiger partial charge in [0.15, 0.2) is 9.84 Å². The van der Waals surface area contributed by atoms with E-state index in [1.807, 2.05) is 36.4 Å². The zero-order valence-electron chi connectivity index (χ0n) is 12.9. The second kappa shape index (κ2) is 5.65. The van der Waals surface area contributed by atoms with Gasteiger partial charge in [-0.25, -0.2) is 8.42 Å². The summed E-state index contributed by atoms with van der Waals surface area (Å²) in [6.07, 6.45) is 1.21. The molecule has 4 nitrogen and oxygen atoms in total. The molecular weight excluding hydrogens is 332 g/mol. The number of sulfone groups is 1. The maximum atomic E-state index is 11.6. The smallest absolute Gasteiger partial charge is 0.175 e. The summed E-state index contributed by atoms with van der Waals surface area (Å²) in [6, 6.07) is 14.5. The standard InChI is InChI=1S/C17H17ClN2O2S/c1-17(13-5-9-15(10-6-13)23(2,21)22)11-19-16(20-17)12-3-7-14(18)8-4-12/h3-10H,11H2,1-2H3,(H,19,20). The zero-order chi connectivity index (χ0) is 16.7. The van der Waals surface area contributed by atoms with Gasteiger partial charge in [0, 0.05) is 16.8 Å². The quantitative estimate of drug-likeness (QED) is 0.927. The topological polar surface area (TPSA) is 58.5 Å². The maximum absolute atomic E-state index is 11.6. The first-order chi connectivity index (χ1) is 10.8. The fourth-order valence-electron chi connectivity index (χ4n) is 2.58. The molecule has 0 spiro atoms. The number of halogens is 1. The predicted octanol–water partition coefficient (Wildman–Crippen LogP) is 3.01. The van der Waals surface area contributed by atoms with E-state index >= 15 is 0 Å². The third-order valence-electron chi connectivity index (χ3n) is 3.98. The van der Waals surface area contributed by atoms with Crippen molar-refractivity contribution in [2.24, 2.45) is 4.99 Å². The summed E-state index contributed by atoms with van der Waals surface area (Å²) >= 11 is 5.91. The van der Waals surface area contributed by atoms with E-state index in [0.29, 0.717) is 16.5 Å². The Kier molecular flexibility index (Phi) is 3.94. The van der Waals surface area contributed by atoms with Crippen LogP contribution >= 0.6 is 11.6 Å². The molecule has 0 bridgehead atoms. The second-order valence-corrected chi connectivity index (χ2v) is 8.38. The molecule has 0 aliphatic carbocycles. The molecule has 120 valence electrons. The molecule has 1 atom stereocenters. The number of aliphatic imine (C=N–C) groups is 1. The van der Waals surface area contributed by atoms with Crippen LogP contribution < -0.4 is 5.32 Å². The number of rotatable bonds is 3. The van der Waals surface area contributed by atoms with Gasteiger partial charge in [0.05, 0.1) is 17.0 Å². The van der Waals surface area contributed by atoms with Crippen LogP contribution in [0.5, 0.6) is 0 Å². The van der Waals surface area contributed by atoms with E-state index in [4.69, 9.17) is 11.6 Å². The molecule has 1 unspecified atom stereocenters. The van der Waals surface area contributed by atoms with Gasteiger partial charge < -0.3 is 5.32 Å². The number of amidine groups is 1. The van der Waals surface area contributed by atoms with Crippen LogP contribution in [-0.2, 0) is 15.4 Å². The fourth-order valence-corrected chi connectivity index (χ4v) is 3.34. The third-order valence-corrected chi connectivity index (χ3v) is 5.37. The minimum absolute atomic E-state index is 0.321. The lowest BCUT2D eigenvalue weighted by Gasteiger charge is -2.25. The highest BCUT2D eigenvalue weighted by Crippen LogP contribution is 2.27. The van der Waals surface area contributed by atoms with Crippen LogP contribution in [0.3, 0.4) is 0 Å². The number of hydrogen-bond donors (Lipinski definition) is 1. The first-order valence-corrected chi connectivity index (χ1v) is 9.44. The maximum Gasteiger partial charge on any atom is 0.175 e. The van der Waals surface area contributed by atoms with Crippen LogP contribution in [0.4, 0.5) is 0 Å². The molecule has 2 aromatic carbocycles. The molecule has 23 heavy (non-hydrogen) atoms. The Hall–Kier alpha value is -1.85. The van der Waals surface area contributed by atoms with E-state index in [1.165, 1.54) is 6.26 Å².